The molecule has 0 fully saturated rings. The monoisotopic (exact) mass is 482 g/mol. The summed E-state index contributed by atoms with van der Waals surface area (Å²) in [6.07, 6.45) is 0.960. The normalized spacial score (nSPS) is 14.1. The van der Waals surface area contributed by atoms with Crippen molar-refractivity contribution in [2.24, 2.45) is 11.7 Å². The Morgan fingerprint density at radius 1 is 0.829 bits per heavy atom. The molecule has 0 bridgehead atoms. The van der Waals surface area contributed by atoms with Crippen molar-refractivity contribution in [2.45, 2.75) is 51.2 Å². The largest absolute Gasteiger partial charge is 0.480 e. The predicted octanol–water partition coefficient (Wildman–Crippen LogP) is 1.02. The van der Waals surface area contributed by atoms with Gasteiger partial charge >= 0.3 is 5.97 Å². The highest BCUT2D eigenvalue weighted by Gasteiger charge is 2.27. The molecule has 2 aromatic rings. The highest BCUT2D eigenvalue weighted by molar-refractivity contribution is 5.92. The molecule has 0 aromatic heterocycles. The summed E-state index contributed by atoms with van der Waals surface area (Å²) in [5.41, 5.74) is 7.43. The number of hydrogen-bond acceptors (Lipinski definition) is 5. The first-order chi connectivity index (χ1) is 16.7. The van der Waals surface area contributed by atoms with Gasteiger partial charge in [0.1, 0.15) is 12.1 Å². The van der Waals surface area contributed by atoms with E-state index in [1.807, 2.05) is 26.0 Å². The van der Waals surface area contributed by atoms with Crippen LogP contribution in [0.4, 0.5) is 0 Å². The Balaban J connectivity index is 2.08. The van der Waals surface area contributed by atoms with Crippen LogP contribution < -0.4 is 21.7 Å². The Morgan fingerprint density at radius 2 is 1.34 bits per heavy atom. The summed E-state index contributed by atoms with van der Waals surface area (Å²) in [6, 6.07) is 15.0. The first-order valence-electron chi connectivity index (χ1n) is 11.6. The van der Waals surface area contributed by atoms with Gasteiger partial charge in [-0.3, -0.25) is 14.4 Å². The SMILES string of the molecule is CCC(C)C(N)C(=O)NCC(=O)NC(Cc1ccccc1)C(=O)NC(Cc1ccccc1)C(=O)O. The molecule has 0 spiro atoms. The lowest BCUT2D eigenvalue weighted by molar-refractivity contribution is -0.142. The fourth-order valence-electron chi connectivity index (χ4n) is 3.42. The fraction of sp³-hybridized carbons (Fsp3) is 0.385. The first kappa shape index (κ1) is 27.5. The van der Waals surface area contributed by atoms with Crippen molar-refractivity contribution in [3.05, 3.63) is 71.8 Å². The van der Waals surface area contributed by atoms with Gasteiger partial charge in [0.2, 0.25) is 17.7 Å². The number of carboxylic acid groups (broad SMARTS) is 1. The van der Waals surface area contributed by atoms with E-state index in [0.29, 0.717) is 6.42 Å². The van der Waals surface area contributed by atoms with Gasteiger partial charge < -0.3 is 26.8 Å². The summed E-state index contributed by atoms with van der Waals surface area (Å²) >= 11 is 0. The molecule has 0 radical (unpaired) electrons. The summed E-state index contributed by atoms with van der Waals surface area (Å²) in [5, 5.41) is 17.3. The summed E-state index contributed by atoms with van der Waals surface area (Å²) in [6.45, 7) is 3.41. The number of hydrogen-bond donors (Lipinski definition) is 5. The zero-order valence-corrected chi connectivity index (χ0v) is 20.1. The van der Waals surface area contributed by atoms with Gasteiger partial charge in [0.15, 0.2) is 0 Å². The fourth-order valence-corrected chi connectivity index (χ4v) is 3.42. The molecule has 0 heterocycles. The zero-order valence-electron chi connectivity index (χ0n) is 20.1. The van der Waals surface area contributed by atoms with Gasteiger partial charge in [-0.15, -0.1) is 0 Å². The number of nitrogens with two attached hydrogens (primary N) is 1. The molecule has 9 heteroatoms. The van der Waals surface area contributed by atoms with Crippen LogP contribution in [0.1, 0.15) is 31.4 Å². The number of nitrogens with one attached hydrogen (secondary N) is 3. The molecule has 4 atom stereocenters. The molecule has 0 saturated carbocycles. The molecule has 0 aliphatic carbocycles. The third-order valence-electron chi connectivity index (χ3n) is 5.81. The molecular formula is C26H34N4O5. The minimum Gasteiger partial charge on any atom is -0.480 e. The van der Waals surface area contributed by atoms with Crippen molar-refractivity contribution in [3.8, 4) is 0 Å². The van der Waals surface area contributed by atoms with Gasteiger partial charge in [-0.1, -0.05) is 80.9 Å². The highest BCUT2D eigenvalue weighted by Crippen LogP contribution is 2.07. The standard InChI is InChI=1S/C26H34N4O5/c1-3-17(2)23(27)25(33)28-16-22(31)29-20(14-18-10-6-4-7-11-18)24(32)30-21(26(34)35)15-19-12-8-5-9-13-19/h4-13,17,20-21,23H,3,14-16,27H2,1-2H3,(H,28,33)(H,29,31)(H,30,32)(H,34,35). The maximum atomic E-state index is 13.1. The van der Waals surface area contributed by atoms with E-state index in [1.54, 1.807) is 48.5 Å². The lowest BCUT2D eigenvalue weighted by Gasteiger charge is -2.22. The molecule has 188 valence electrons. The Morgan fingerprint density at radius 3 is 1.83 bits per heavy atom. The average molecular weight is 483 g/mol. The van der Waals surface area contributed by atoms with Gasteiger partial charge in [-0.05, 0) is 17.0 Å². The molecular weight excluding hydrogens is 448 g/mol. The van der Waals surface area contributed by atoms with E-state index in [-0.39, 0.29) is 25.3 Å². The minimum absolute atomic E-state index is 0.0489. The van der Waals surface area contributed by atoms with Crippen LogP contribution in [-0.2, 0) is 32.0 Å². The van der Waals surface area contributed by atoms with E-state index in [9.17, 15) is 24.3 Å². The number of amides is 3. The van der Waals surface area contributed by atoms with E-state index in [4.69, 9.17) is 5.73 Å². The zero-order chi connectivity index (χ0) is 25.8. The van der Waals surface area contributed by atoms with Gasteiger partial charge in [-0.25, -0.2) is 4.79 Å². The average Bonchev–Trinajstić information content (AvgIpc) is 2.86. The van der Waals surface area contributed by atoms with E-state index in [2.05, 4.69) is 16.0 Å². The maximum Gasteiger partial charge on any atom is 0.326 e. The Hall–Kier alpha value is -3.72. The molecule has 0 saturated heterocycles. The van der Waals surface area contributed by atoms with Crippen molar-refractivity contribution < 1.29 is 24.3 Å². The third kappa shape index (κ3) is 9.21. The number of aliphatic carboxylic acids is 1. The number of carboxylic acids is 1. The van der Waals surface area contributed by atoms with E-state index in [0.717, 1.165) is 11.1 Å². The second-order valence-electron chi connectivity index (χ2n) is 8.53. The molecule has 3 amide bonds. The van der Waals surface area contributed by atoms with Gasteiger partial charge in [-0.2, -0.15) is 0 Å². The molecule has 2 aromatic carbocycles. The number of carbonyl (C=O) groups excluding carboxylic acids is 3. The second kappa shape index (κ2) is 13.9. The van der Waals surface area contributed by atoms with Crippen LogP contribution in [-0.4, -0.2) is 53.5 Å². The van der Waals surface area contributed by atoms with Crippen LogP contribution >= 0.6 is 0 Å². The summed E-state index contributed by atoms with van der Waals surface area (Å²) in [7, 11) is 0. The third-order valence-corrected chi connectivity index (χ3v) is 5.81. The van der Waals surface area contributed by atoms with Crippen LogP contribution in [0.15, 0.2) is 60.7 Å². The maximum absolute atomic E-state index is 13.1. The van der Waals surface area contributed by atoms with Crippen LogP contribution in [0.25, 0.3) is 0 Å². The summed E-state index contributed by atoms with van der Waals surface area (Å²) < 4.78 is 0. The Labute approximate surface area is 205 Å². The topological polar surface area (TPSA) is 151 Å². The number of rotatable bonds is 13. The minimum atomic E-state index is -1.18. The van der Waals surface area contributed by atoms with Gasteiger partial charge in [0.05, 0.1) is 12.6 Å². The quantitative estimate of drug-likeness (QED) is 0.288. The predicted molar refractivity (Wildman–Crippen MR) is 132 cm³/mol. The Bertz CT molecular complexity index is 984. The second-order valence-corrected chi connectivity index (χ2v) is 8.53. The summed E-state index contributed by atoms with van der Waals surface area (Å²) in [4.78, 5) is 49.6. The molecule has 9 nitrogen and oxygen atoms in total. The highest BCUT2D eigenvalue weighted by atomic mass is 16.4. The first-order valence-corrected chi connectivity index (χ1v) is 11.6. The van der Waals surface area contributed by atoms with Crippen molar-refractivity contribution in [2.75, 3.05) is 6.54 Å². The van der Waals surface area contributed by atoms with E-state index < -0.39 is 41.8 Å². The lowest BCUT2D eigenvalue weighted by atomic mass is 9.99. The van der Waals surface area contributed by atoms with Crippen molar-refractivity contribution in [1.29, 1.82) is 0 Å². The van der Waals surface area contributed by atoms with E-state index >= 15 is 0 Å². The molecule has 0 aliphatic rings. The van der Waals surface area contributed by atoms with Crippen LogP contribution in [0.5, 0.6) is 0 Å². The number of carbonyl (C=O) groups is 4. The molecule has 35 heavy (non-hydrogen) atoms. The van der Waals surface area contributed by atoms with Crippen LogP contribution in [0.2, 0.25) is 0 Å². The van der Waals surface area contributed by atoms with Crippen molar-refractivity contribution in [3.63, 3.8) is 0 Å². The van der Waals surface area contributed by atoms with Crippen LogP contribution in [0, 0.1) is 5.92 Å². The smallest absolute Gasteiger partial charge is 0.326 e. The molecule has 4 unspecified atom stereocenters. The van der Waals surface area contributed by atoms with Crippen LogP contribution in [0.3, 0.4) is 0 Å². The van der Waals surface area contributed by atoms with Crippen molar-refractivity contribution in [1.82, 2.24) is 16.0 Å². The van der Waals surface area contributed by atoms with Crippen molar-refractivity contribution >= 4 is 23.7 Å². The lowest BCUT2D eigenvalue weighted by Crippen LogP contribution is -2.55. The number of benzene rings is 2. The summed E-state index contributed by atoms with van der Waals surface area (Å²) in [5.74, 6) is -2.90. The molecule has 2 rings (SSSR count). The molecule has 6 N–H and O–H groups in total. The van der Waals surface area contributed by atoms with E-state index in [1.165, 1.54) is 0 Å². The molecule has 0 aliphatic heterocycles. The van der Waals surface area contributed by atoms with Gasteiger partial charge in [0, 0.05) is 12.8 Å². The van der Waals surface area contributed by atoms with Gasteiger partial charge in [0.25, 0.3) is 0 Å². The Kier molecular flexibility index (Phi) is 10.9.